The number of benzene rings is 2. The van der Waals surface area contributed by atoms with Crippen LogP contribution in [0.1, 0.15) is 0 Å². The van der Waals surface area contributed by atoms with Crippen LogP contribution in [0.4, 0.5) is 14.5 Å². The minimum Gasteiger partial charge on any atom is -0.494 e. The van der Waals surface area contributed by atoms with Gasteiger partial charge in [0, 0.05) is 6.07 Å². The first-order valence-corrected chi connectivity index (χ1v) is 7.92. The Kier molecular flexibility index (Phi) is 4.48. The molecule has 112 valence electrons. The molecule has 2 aromatic rings. The molecule has 2 aromatic carbocycles. The molecule has 0 amide bonds. The molecule has 0 aliphatic heterocycles. The van der Waals surface area contributed by atoms with E-state index in [4.69, 9.17) is 4.74 Å². The SMILES string of the molecule is COc1cc(NS(=O)(=O)c2ccc(Br)c(F)c2)ccc1F. The van der Waals surface area contributed by atoms with E-state index in [-0.39, 0.29) is 20.8 Å². The first kappa shape index (κ1) is 15.7. The van der Waals surface area contributed by atoms with E-state index in [1.54, 1.807) is 0 Å². The van der Waals surface area contributed by atoms with E-state index in [9.17, 15) is 17.2 Å². The van der Waals surface area contributed by atoms with Gasteiger partial charge in [-0.15, -0.1) is 0 Å². The molecule has 0 aromatic heterocycles. The fourth-order valence-electron chi connectivity index (χ4n) is 1.58. The third-order valence-electron chi connectivity index (χ3n) is 2.60. The summed E-state index contributed by atoms with van der Waals surface area (Å²) in [6, 6.07) is 6.92. The third-order valence-corrected chi connectivity index (χ3v) is 4.63. The average molecular weight is 378 g/mol. The number of hydrogen-bond donors (Lipinski definition) is 1. The standard InChI is InChI=1S/C13H10BrF2NO3S/c1-20-13-6-8(2-5-11(13)15)17-21(18,19)9-3-4-10(14)12(16)7-9/h2-7,17H,1H3. The van der Waals surface area contributed by atoms with Crippen LogP contribution in [0, 0.1) is 11.6 Å². The van der Waals surface area contributed by atoms with E-state index in [0.29, 0.717) is 0 Å². The molecular weight excluding hydrogens is 368 g/mol. The first-order valence-electron chi connectivity index (χ1n) is 5.65. The highest BCUT2D eigenvalue weighted by Gasteiger charge is 2.17. The van der Waals surface area contributed by atoms with Gasteiger partial charge in [0.2, 0.25) is 0 Å². The lowest BCUT2D eigenvalue weighted by molar-refractivity contribution is 0.387. The molecule has 0 saturated carbocycles. The monoisotopic (exact) mass is 377 g/mol. The molecular formula is C13H10BrF2NO3S. The van der Waals surface area contributed by atoms with Crippen LogP contribution in [0.15, 0.2) is 45.8 Å². The van der Waals surface area contributed by atoms with Gasteiger partial charge in [0.25, 0.3) is 10.0 Å². The van der Waals surface area contributed by atoms with Crippen molar-refractivity contribution in [3.8, 4) is 5.75 Å². The number of halogens is 3. The van der Waals surface area contributed by atoms with Crippen LogP contribution in [0.25, 0.3) is 0 Å². The Bertz CT molecular complexity index is 781. The summed E-state index contributed by atoms with van der Waals surface area (Å²) < 4.78 is 58.1. The highest BCUT2D eigenvalue weighted by Crippen LogP contribution is 2.25. The van der Waals surface area contributed by atoms with Crippen molar-refractivity contribution < 1.29 is 21.9 Å². The van der Waals surface area contributed by atoms with Gasteiger partial charge in [-0.2, -0.15) is 0 Å². The Balaban J connectivity index is 2.35. The van der Waals surface area contributed by atoms with Gasteiger partial charge in [-0.3, -0.25) is 4.72 Å². The predicted octanol–water partition coefficient (Wildman–Crippen LogP) is 3.54. The summed E-state index contributed by atoms with van der Waals surface area (Å²) in [4.78, 5) is -0.244. The van der Waals surface area contributed by atoms with Gasteiger partial charge in [-0.1, -0.05) is 0 Å². The lowest BCUT2D eigenvalue weighted by Gasteiger charge is -2.10. The Morgan fingerprint density at radius 1 is 1.10 bits per heavy atom. The number of hydrogen-bond acceptors (Lipinski definition) is 3. The topological polar surface area (TPSA) is 55.4 Å². The fourth-order valence-corrected chi connectivity index (χ4v) is 2.89. The summed E-state index contributed by atoms with van der Waals surface area (Å²) in [5.74, 6) is -1.41. The van der Waals surface area contributed by atoms with Crippen LogP contribution in [0.2, 0.25) is 0 Å². The van der Waals surface area contributed by atoms with Gasteiger partial charge in [0.05, 0.1) is 22.2 Å². The van der Waals surface area contributed by atoms with Gasteiger partial charge in [0.1, 0.15) is 5.82 Å². The van der Waals surface area contributed by atoms with E-state index in [0.717, 1.165) is 12.1 Å². The minimum atomic E-state index is -3.98. The summed E-state index contributed by atoms with van der Waals surface area (Å²) in [7, 11) is -2.71. The predicted molar refractivity (Wildman–Crippen MR) is 77.9 cm³/mol. The maximum absolute atomic E-state index is 13.4. The van der Waals surface area contributed by atoms with Crippen LogP contribution < -0.4 is 9.46 Å². The van der Waals surface area contributed by atoms with Gasteiger partial charge < -0.3 is 4.74 Å². The van der Waals surface area contributed by atoms with E-state index >= 15 is 0 Å². The molecule has 4 nitrogen and oxygen atoms in total. The van der Waals surface area contributed by atoms with Crippen molar-refractivity contribution in [1.82, 2.24) is 0 Å². The van der Waals surface area contributed by atoms with Crippen molar-refractivity contribution in [1.29, 1.82) is 0 Å². The lowest BCUT2D eigenvalue weighted by Crippen LogP contribution is -2.13. The van der Waals surface area contributed by atoms with Crippen molar-refractivity contribution >= 4 is 31.6 Å². The molecule has 8 heteroatoms. The second-order valence-electron chi connectivity index (χ2n) is 4.03. The van der Waals surface area contributed by atoms with Crippen molar-refractivity contribution in [3.05, 3.63) is 52.5 Å². The normalized spacial score (nSPS) is 11.2. The summed E-state index contributed by atoms with van der Waals surface area (Å²) in [5.41, 5.74) is 0.108. The highest BCUT2D eigenvalue weighted by molar-refractivity contribution is 9.10. The Hall–Kier alpha value is -1.67. The molecule has 2 rings (SSSR count). The Labute approximate surface area is 128 Å². The molecule has 0 saturated heterocycles. The quantitative estimate of drug-likeness (QED) is 0.886. The second-order valence-corrected chi connectivity index (χ2v) is 6.57. The molecule has 0 aliphatic rings. The molecule has 0 heterocycles. The van der Waals surface area contributed by atoms with Crippen molar-refractivity contribution in [2.45, 2.75) is 4.90 Å². The van der Waals surface area contributed by atoms with E-state index in [2.05, 4.69) is 20.7 Å². The molecule has 0 bridgehead atoms. The summed E-state index contributed by atoms with van der Waals surface area (Å²) >= 11 is 2.94. The molecule has 0 aliphatic carbocycles. The van der Waals surface area contributed by atoms with Crippen LogP contribution in [0.3, 0.4) is 0 Å². The summed E-state index contributed by atoms with van der Waals surface area (Å²) in [5, 5.41) is 0. The average Bonchev–Trinajstić information content (AvgIpc) is 2.43. The molecule has 21 heavy (non-hydrogen) atoms. The molecule has 0 fully saturated rings. The first-order chi connectivity index (χ1) is 9.83. The zero-order valence-corrected chi connectivity index (χ0v) is 13.1. The minimum absolute atomic E-state index is 0.0998. The van der Waals surface area contributed by atoms with Gasteiger partial charge in [0.15, 0.2) is 11.6 Å². The summed E-state index contributed by atoms with van der Waals surface area (Å²) in [6.07, 6.45) is 0. The molecule has 0 radical (unpaired) electrons. The molecule has 0 unspecified atom stereocenters. The van der Waals surface area contributed by atoms with E-state index < -0.39 is 21.7 Å². The molecule has 0 spiro atoms. The number of nitrogens with one attached hydrogen (secondary N) is 1. The van der Waals surface area contributed by atoms with Gasteiger partial charge in [-0.25, -0.2) is 17.2 Å². The molecule has 0 atom stereocenters. The fraction of sp³-hybridized carbons (Fsp3) is 0.0769. The van der Waals surface area contributed by atoms with Crippen molar-refractivity contribution in [3.63, 3.8) is 0 Å². The lowest BCUT2D eigenvalue weighted by atomic mass is 10.3. The zero-order valence-electron chi connectivity index (χ0n) is 10.7. The smallest absolute Gasteiger partial charge is 0.261 e. The number of rotatable bonds is 4. The number of methoxy groups -OCH3 is 1. The molecule has 1 N–H and O–H groups in total. The van der Waals surface area contributed by atoms with Crippen LogP contribution >= 0.6 is 15.9 Å². The van der Waals surface area contributed by atoms with Gasteiger partial charge in [-0.05, 0) is 46.3 Å². The van der Waals surface area contributed by atoms with Crippen molar-refractivity contribution in [2.75, 3.05) is 11.8 Å². The van der Waals surface area contributed by atoms with Gasteiger partial charge >= 0.3 is 0 Å². The second kappa shape index (κ2) is 5.98. The number of anilines is 1. The maximum atomic E-state index is 13.4. The largest absolute Gasteiger partial charge is 0.494 e. The zero-order chi connectivity index (χ0) is 15.6. The number of sulfonamides is 1. The highest BCUT2D eigenvalue weighted by atomic mass is 79.9. The van der Waals surface area contributed by atoms with E-state index in [1.165, 1.54) is 31.4 Å². The van der Waals surface area contributed by atoms with Crippen molar-refractivity contribution in [2.24, 2.45) is 0 Å². The summed E-state index contributed by atoms with van der Waals surface area (Å²) in [6.45, 7) is 0. The third kappa shape index (κ3) is 3.51. The van der Waals surface area contributed by atoms with E-state index in [1.807, 2.05) is 0 Å². The Morgan fingerprint density at radius 3 is 2.43 bits per heavy atom. The Morgan fingerprint density at radius 2 is 1.81 bits per heavy atom. The maximum Gasteiger partial charge on any atom is 0.261 e. The number of ether oxygens (including phenoxy) is 1. The van der Waals surface area contributed by atoms with Crippen LogP contribution in [-0.4, -0.2) is 15.5 Å². The van der Waals surface area contributed by atoms with Crippen LogP contribution in [-0.2, 0) is 10.0 Å². The van der Waals surface area contributed by atoms with Crippen LogP contribution in [0.5, 0.6) is 5.75 Å².